The monoisotopic (exact) mass is 805 g/mol. The third kappa shape index (κ3) is 7.41. The molecule has 0 radical (unpaired) electrons. The maximum atomic E-state index is 15.1. The molecule has 1 saturated carbocycles. The summed E-state index contributed by atoms with van der Waals surface area (Å²) in [7, 11) is 1.55. The van der Waals surface area contributed by atoms with E-state index < -0.39 is 83.9 Å². The Morgan fingerprint density at radius 2 is 1.82 bits per heavy atom. The van der Waals surface area contributed by atoms with Crippen molar-refractivity contribution < 1.29 is 48.1 Å². The number of aliphatic hydroxyl groups excluding tert-OH is 1. The summed E-state index contributed by atoms with van der Waals surface area (Å²) in [5, 5.41) is 14.6. The van der Waals surface area contributed by atoms with E-state index >= 15 is 4.79 Å². The quantitative estimate of drug-likeness (QED) is 0.241. The Labute approximate surface area is 305 Å². The lowest BCUT2D eigenvalue weighted by atomic mass is 9.62. The van der Waals surface area contributed by atoms with Gasteiger partial charge >= 0.3 is 11.9 Å². The van der Waals surface area contributed by atoms with Crippen LogP contribution in [-0.2, 0) is 55.9 Å². The van der Waals surface area contributed by atoms with Gasteiger partial charge in [0.2, 0.25) is 11.8 Å². The molecule has 0 spiro atoms. The first-order valence-electron chi connectivity index (χ1n) is 16.9. The summed E-state index contributed by atoms with van der Waals surface area (Å²) in [5.74, 6) is -2.03. The number of ether oxygens (including phenoxy) is 4. The molecule has 2 aromatic rings. The number of amides is 2. The zero-order valence-corrected chi connectivity index (χ0v) is 30.7. The normalized spacial score (nSPS) is 28.3. The summed E-state index contributed by atoms with van der Waals surface area (Å²) >= 11 is 2.21. The first-order chi connectivity index (χ1) is 23.8. The van der Waals surface area contributed by atoms with Gasteiger partial charge in [0, 0.05) is 29.9 Å². The fourth-order valence-electron chi connectivity index (χ4n) is 7.53. The molecule has 6 rings (SSSR count). The summed E-state index contributed by atoms with van der Waals surface area (Å²) in [4.78, 5) is 63.5. The second-order valence-electron chi connectivity index (χ2n) is 14.4. The van der Waals surface area contributed by atoms with E-state index in [2.05, 4.69) is 27.9 Å². The molecule has 2 amide bonds. The Bertz CT molecular complexity index is 1590. The first kappa shape index (κ1) is 36.6. The molecular formula is C36H44IN3O10. The predicted molar refractivity (Wildman–Crippen MR) is 186 cm³/mol. The van der Waals surface area contributed by atoms with Crippen molar-refractivity contribution in [2.75, 3.05) is 20.4 Å². The van der Waals surface area contributed by atoms with Gasteiger partial charge in [-0.15, -0.1) is 0 Å². The van der Waals surface area contributed by atoms with E-state index in [9.17, 15) is 19.5 Å². The molecule has 270 valence electrons. The molecule has 3 aliphatic heterocycles. The first-order valence-corrected chi connectivity index (χ1v) is 17.9. The topological polar surface area (TPSA) is 153 Å². The highest BCUT2D eigenvalue weighted by molar-refractivity contribution is 14.1. The average molecular weight is 806 g/mol. The molecule has 4 aliphatic rings. The van der Waals surface area contributed by atoms with Crippen LogP contribution in [-0.4, -0.2) is 107 Å². The highest BCUT2D eigenvalue weighted by atomic mass is 127. The number of nitrogens with zero attached hydrogens (tertiary/aromatic N) is 2. The molecule has 50 heavy (non-hydrogen) atoms. The third-order valence-electron chi connectivity index (χ3n) is 9.74. The molecule has 8 atom stereocenters. The van der Waals surface area contributed by atoms with Crippen molar-refractivity contribution in [2.45, 2.75) is 101 Å². The summed E-state index contributed by atoms with van der Waals surface area (Å²) < 4.78 is 24.1. The van der Waals surface area contributed by atoms with E-state index in [-0.39, 0.29) is 39.0 Å². The van der Waals surface area contributed by atoms with Crippen LogP contribution in [0.15, 0.2) is 54.6 Å². The number of hydroxylamine groups is 2. The number of fused-ring (bicyclic) bond motifs is 4. The number of esters is 2. The largest absolute Gasteiger partial charge is 0.460 e. The maximum absolute atomic E-state index is 15.1. The van der Waals surface area contributed by atoms with Gasteiger partial charge in [-0.3, -0.25) is 24.0 Å². The van der Waals surface area contributed by atoms with Gasteiger partial charge in [0.15, 0.2) is 6.04 Å². The minimum absolute atomic E-state index is 0.0187. The van der Waals surface area contributed by atoms with Crippen molar-refractivity contribution in [3.63, 3.8) is 0 Å². The SMILES string of the molecule is CN(C(=O)C12CC3OC(=O)C1N(Cc1cccc(I)c1)OC2C1OCOC31)C(Cc1ccccc1)C(=O)NC(CO)CCC(=O)OC(C)(C)C. The van der Waals surface area contributed by atoms with Crippen molar-refractivity contribution in [1.29, 1.82) is 0 Å². The molecule has 0 aromatic heterocycles. The Morgan fingerprint density at radius 3 is 2.52 bits per heavy atom. The number of hydrogen-bond donors (Lipinski definition) is 2. The lowest BCUT2D eigenvalue weighted by Crippen LogP contribution is -2.70. The molecule has 1 aliphatic carbocycles. The van der Waals surface area contributed by atoms with Crippen molar-refractivity contribution in [3.05, 3.63) is 69.3 Å². The zero-order chi connectivity index (χ0) is 35.8. The number of benzene rings is 2. The van der Waals surface area contributed by atoms with Crippen molar-refractivity contribution in [1.82, 2.24) is 15.3 Å². The van der Waals surface area contributed by atoms with E-state index in [4.69, 9.17) is 23.8 Å². The van der Waals surface area contributed by atoms with Gasteiger partial charge in [0.1, 0.15) is 48.3 Å². The summed E-state index contributed by atoms with van der Waals surface area (Å²) in [6, 6.07) is 14.1. The summed E-state index contributed by atoms with van der Waals surface area (Å²) in [5.41, 5.74) is -0.440. The van der Waals surface area contributed by atoms with Crippen LogP contribution < -0.4 is 5.32 Å². The van der Waals surface area contributed by atoms with Crippen LogP contribution in [0.1, 0.15) is 51.2 Å². The second kappa shape index (κ2) is 14.8. The van der Waals surface area contributed by atoms with Gasteiger partial charge < -0.3 is 34.3 Å². The fourth-order valence-corrected chi connectivity index (χ4v) is 8.14. The molecule has 14 heteroatoms. The molecule has 2 aromatic carbocycles. The molecule has 4 fully saturated rings. The van der Waals surface area contributed by atoms with Crippen LogP contribution in [0, 0.1) is 8.99 Å². The van der Waals surface area contributed by atoms with E-state index in [0.717, 1.165) is 14.7 Å². The number of aliphatic hydroxyl groups is 1. The van der Waals surface area contributed by atoms with Crippen LogP contribution in [0.2, 0.25) is 0 Å². The number of carbonyl (C=O) groups is 4. The van der Waals surface area contributed by atoms with Gasteiger partial charge in [-0.25, -0.2) is 0 Å². The van der Waals surface area contributed by atoms with Crippen LogP contribution in [0.25, 0.3) is 0 Å². The number of hydrogen-bond acceptors (Lipinski definition) is 11. The van der Waals surface area contributed by atoms with Crippen molar-refractivity contribution in [3.8, 4) is 0 Å². The highest BCUT2D eigenvalue weighted by Crippen LogP contribution is 2.56. The zero-order valence-electron chi connectivity index (χ0n) is 28.6. The predicted octanol–water partition coefficient (Wildman–Crippen LogP) is 2.50. The number of rotatable bonds is 12. The Hall–Kier alpha value is -3.15. The molecule has 3 heterocycles. The minimum Gasteiger partial charge on any atom is -0.460 e. The van der Waals surface area contributed by atoms with Gasteiger partial charge in [-0.05, 0) is 73.0 Å². The lowest BCUT2D eigenvalue weighted by Gasteiger charge is -2.50. The molecule has 2 bridgehead atoms. The van der Waals surface area contributed by atoms with Gasteiger partial charge in [0.05, 0.1) is 19.2 Å². The highest BCUT2D eigenvalue weighted by Gasteiger charge is 2.75. The van der Waals surface area contributed by atoms with Gasteiger partial charge in [-0.1, -0.05) is 42.5 Å². The van der Waals surface area contributed by atoms with Crippen LogP contribution in [0.3, 0.4) is 0 Å². The van der Waals surface area contributed by atoms with E-state index in [1.807, 2.05) is 54.6 Å². The van der Waals surface area contributed by atoms with Crippen LogP contribution in [0.4, 0.5) is 0 Å². The fraction of sp³-hybridized carbons (Fsp3) is 0.556. The van der Waals surface area contributed by atoms with Crippen LogP contribution in [0.5, 0.6) is 0 Å². The van der Waals surface area contributed by atoms with Gasteiger partial charge in [0.25, 0.3) is 0 Å². The van der Waals surface area contributed by atoms with E-state index in [0.29, 0.717) is 0 Å². The van der Waals surface area contributed by atoms with Crippen molar-refractivity contribution >= 4 is 46.3 Å². The number of carbonyl (C=O) groups excluding carboxylic acids is 4. The Morgan fingerprint density at radius 1 is 1.10 bits per heavy atom. The van der Waals surface area contributed by atoms with Crippen LogP contribution >= 0.6 is 22.6 Å². The summed E-state index contributed by atoms with van der Waals surface area (Å²) in [6.45, 7) is 5.05. The van der Waals surface area contributed by atoms with E-state index in [1.165, 1.54) is 9.96 Å². The van der Waals surface area contributed by atoms with Crippen molar-refractivity contribution in [2.24, 2.45) is 5.41 Å². The number of likely N-dealkylation sites (N-methyl/N-ethyl adjacent to an activating group) is 1. The maximum Gasteiger partial charge on any atom is 0.327 e. The molecule has 3 saturated heterocycles. The summed E-state index contributed by atoms with van der Waals surface area (Å²) in [6.07, 6.45) is -2.53. The Balaban J connectivity index is 1.30. The smallest absolute Gasteiger partial charge is 0.327 e. The Kier molecular flexibility index (Phi) is 10.9. The molecule has 2 N–H and O–H groups in total. The third-order valence-corrected chi connectivity index (χ3v) is 10.4. The van der Waals surface area contributed by atoms with E-state index in [1.54, 1.807) is 27.8 Å². The second-order valence-corrected chi connectivity index (χ2v) is 15.6. The minimum atomic E-state index is -1.45. The molecule has 8 unspecified atom stereocenters. The van der Waals surface area contributed by atoms with Gasteiger partial charge in [-0.2, -0.15) is 5.06 Å². The molecular weight excluding hydrogens is 761 g/mol. The number of nitrogens with one attached hydrogen (secondary N) is 1. The average Bonchev–Trinajstić information content (AvgIpc) is 3.69. The standard InChI is InChI=1S/C36H44IN3O10/c1-35(2,3)49-27(42)14-13-24(19-41)38-32(43)25(16-21-9-6-5-7-10-21)39(4)34(45)36-17-26-28-29(47-20-46-28)31(36)50-40(30(36)33(44)48-26)18-22-11-8-12-23(37)15-22/h5-12,15,24-26,28-31,41H,13-14,16-20H2,1-4H3,(H,38,43). The molecule has 13 nitrogen and oxygen atoms in total. The lowest BCUT2D eigenvalue weighted by molar-refractivity contribution is -0.204. The number of halogens is 1.